The van der Waals surface area contributed by atoms with Crippen LogP contribution in [0.15, 0.2) is 22.7 Å². The summed E-state index contributed by atoms with van der Waals surface area (Å²) in [5.41, 5.74) is 0.948. The largest absolute Gasteiger partial charge is 0.496 e. The van der Waals surface area contributed by atoms with Crippen molar-refractivity contribution in [2.24, 2.45) is 0 Å². The lowest BCUT2D eigenvalue weighted by Crippen LogP contribution is -2.43. The topological polar surface area (TPSA) is 79.5 Å². The summed E-state index contributed by atoms with van der Waals surface area (Å²) in [5, 5.41) is 7.97. The maximum atomic E-state index is 12.0. The van der Waals surface area contributed by atoms with Crippen LogP contribution in [0.5, 0.6) is 5.75 Å². The standard InChI is InChI=1S/C13H16BrN3O3/c1-7(8-3-4-11(20-2)9(14)5-8)16-12(18)10-6-15-13(19)17-10/h3-5,7,10H,6H2,1-2H3,(H,16,18)(H2,15,17,19)/t7-,10+/m0/s1. The smallest absolute Gasteiger partial charge is 0.315 e. The summed E-state index contributed by atoms with van der Waals surface area (Å²) < 4.78 is 5.99. The quantitative estimate of drug-likeness (QED) is 0.772. The molecule has 1 saturated heterocycles. The second-order valence-electron chi connectivity index (χ2n) is 4.53. The van der Waals surface area contributed by atoms with Gasteiger partial charge >= 0.3 is 6.03 Å². The van der Waals surface area contributed by atoms with Crippen LogP contribution < -0.4 is 20.7 Å². The molecule has 0 unspecified atom stereocenters. The van der Waals surface area contributed by atoms with Crippen molar-refractivity contribution in [3.05, 3.63) is 28.2 Å². The van der Waals surface area contributed by atoms with Gasteiger partial charge in [-0.15, -0.1) is 0 Å². The van der Waals surface area contributed by atoms with E-state index in [2.05, 4.69) is 31.9 Å². The fourth-order valence-corrected chi connectivity index (χ4v) is 2.52. The normalized spacial score (nSPS) is 18.9. The van der Waals surface area contributed by atoms with Crippen molar-refractivity contribution in [3.8, 4) is 5.75 Å². The number of nitrogens with one attached hydrogen (secondary N) is 3. The van der Waals surface area contributed by atoms with E-state index in [4.69, 9.17) is 4.74 Å². The van der Waals surface area contributed by atoms with Crippen LogP contribution in [0.3, 0.4) is 0 Å². The molecule has 0 spiro atoms. The van der Waals surface area contributed by atoms with E-state index in [9.17, 15) is 9.59 Å². The molecule has 0 aliphatic carbocycles. The first kappa shape index (κ1) is 14.6. The summed E-state index contributed by atoms with van der Waals surface area (Å²) in [6.07, 6.45) is 0. The van der Waals surface area contributed by atoms with E-state index in [1.54, 1.807) is 7.11 Å². The molecule has 3 amide bonds. The number of halogens is 1. The lowest BCUT2D eigenvalue weighted by molar-refractivity contribution is -0.123. The summed E-state index contributed by atoms with van der Waals surface area (Å²) in [7, 11) is 1.60. The van der Waals surface area contributed by atoms with Gasteiger partial charge in [0, 0.05) is 6.54 Å². The monoisotopic (exact) mass is 341 g/mol. The van der Waals surface area contributed by atoms with E-state index in [0.29, 0.717) is 6.54 Å². The zero-order valence-electron chi connectivity index (χ0n) is 11.2. The molecule has 6 nitrogen and oxygen atoms in total. The van der Waals surface area contributed by atoms with Crippen molar-refractivity contribution in [1.29, 1.82) is 0 Å². The van der Waals surface area contributed by atoms with Crippen molar-refractivity contribution < 1.29 is 14.3 Å². The predicted octanol–water partition coefficient (Wildman–Crippen LogP) is 1.32. The highest BCUT2D eigenvalue weighted by Crippen LogP contribution is 2.27. The Labute approximate surface area is 125 Å². The van der Waals surface area contributed by atoms with Crippen LogP contribution in [-0.4, -0.2) is 31.6 Å². The van der Waals surface area contributed by atoms with Crippen molar-refractivity contribution >= 4 is 27.9 Å². The van der Waals surface area contributed by atoms with Crippen LogP contribution in [0.1, 0.15) is 18.5 Å². The fourth-order valence-electron chi connectivity index (χ4n) is 1.96. The Morgan fingerprint density at radius 1 is 1.55 bits per heavy atom. The summed E-state index contributed by atoms with van der Waals surface area (Å²) in [6, 6.07) is 4.62. The van der Waals surface area contributed by atoms with Crippen molar-refractivity contribution in [2.75, 3.05) is 13.7 Å². The molecule has 0 saturated carbocycles. The van der Waals surface area contributed by atoms with E-state index < -0.39 is 6.04 Å². The molecule has 0 radical (unpaired) electrons. The van der Waals surface area contributed by atoms with Crippen molar-refractivity contribution in [2.45, 2.75) is 19.0 Å². The second kappa shape index (κ2) is 6.13. The Hall–Kier alpha value is -1.76. The molecule has 2 rings (SSSR count). The van der Waals surface area contributed by atoms with Gasteiger partial charge in [-0.1, -0.05) is 6.07 Å². The number of carbonyl (C=O) groups excluding carboxylic acids is 2. The van der Waals surface area contributed by atoms with Crippen molar-refractivity contribution in [1.82, 2.24) is 16.0 Å². The van der Waals surface area contributed by atoms with Crippen LogP contribution >= 0.6 is 15.9 Å². The summed E-state index contributed by atoms with van der Waals surface area (Å²) in [5.74, 6) is 0.530. The molecule has 1 heterocycles. The Balaban J connectivity index is 2.00. The number of carbonyl (C=O) groups is 2. The maximum Gasteiger partial charge on any atom is 0.315 e. The summed E-state index contributed by atoms with van der Waals surface area (Å²) >= 11 is 3.41. The van der Waals surface area contributed by atoms with Gasteiger partial charge in [0.2, 0.25) is 5.91 Å². The van der Waals surface area contributed by atoms with Gasteiger partial charge in [-0.3, -0.25) is 4.79 Å². The molecule has 2 atom stereocenters. The first-order valence-electron chi connectivity index (χ1n) is 6.19. The number of hydrogen-bond acceptors (Lipinski definition) is 3. The number of ether oxygens (including phenoxy) is 1. The first-order chi connectivity index (χ1) is 9.51. The van der Waals surface area contributed by atoms with Gasteiger partial charge in [-0.05, 0) is 40.5 Å². The molecular weight excluding hydrogens is 326 g/mol. The van der Waals surface area contributed by atoms with Gasteiger partial charge in [0.05, 0.1) is 17.6 Å². The molecule has 1 aliphatic rings. The van der Waals surface area contributed by atoms with E-state index in [1.807, 2.05) is 25.1 Å². The highest BCUT2D eigenvalue weighted by molar-refractivity contribution is 9.10. The Morgan fingerprint density at radius 3 is 2.85 bits per heavy atom. The molecule has 1 aliphatic heterocycles. The van der Waals surface area contributed by atoms with Crippen LogP contribution in [0, 0.1) is 0 Å². The third kappa shape index (κ3) is 3.22. The number of hydrogen-bond donors (Lipinski definition) is 3. The van der Waals surface area contributed by atoms with Gasteiger partial charge in [-0.25, -0.2) is 4.79 Å². The minimum Gasteiger partial charge on any atom is -0.496 e. The Bertz CT molecular complexity index is 536. The molecular formula is C13H16BrN3O3. The van der Waals surface area contributed by atoms with Gasteiger partial charge in [-0.2, -0.15) is 0 Å². The van der Waals surface area contributed by atoms with Crippen molar-refractivity contribution in [3.63, 3.8) is 0 Å². The molecule has 1 fully saturated rings. The maximum absolute atomic E-state index is 12.0. The lowest BCUT2D eigenvalue weighted by Gasteiger charge is -2.17. The van der Waals surface area contributed by atoms with Gasteiger partial charge in [0.15, 0.2) is 0 Å². The van der Waals surface area contributed by atoms with Crippen LogP contribution in [-0.2, 0) is 4.79 Å². The van der Waals surface area contributed by atoms with Crippen LogP contribution in [0.25, 0.3) is 0 Å². The molecule has 1 aromatic carbocycles. The number of rotatable bonds is 4. The van der Waals surface area contributed by atoms with Crippen LogP contribution in [0.2, 0.25) is 0 Å². The van der Waals surface area contributed by atoms with E-state index in [0.717, 1.165) is 15.8 Å². The van der Waals surface area contributed by atoms with E-state index >= 15 is 0 Å². The number of benzene rings is 1. The Morgan fingerprint density at radius 2 is 2.30 bits per heavy atom. The summed E-state index contributed by atoms with van der Waals surface area (Å²) in [4.78, 5) is 23.0. The lowest BCUT2D eigenvalue weighted by atomic mass is 10.1. The van der Waals surface area contributed by atoms with E-state index in [1.165, 1.54) is 0 Å². The third-order valence-electron chi connectivity index (χ3n) is 3.12. The van der Waals surface area contributed by atoms with E-state index in [-0.39, 0.29) is 18.0 Å². The molecule has 3 N–H and O–H groups in total. The zero-order chi connectivity index (χ0) is 14.7. The van der Waals surface area contributed by atoms with Gasteiger partial charge in [0.25, 0.3) is 0 Å². The fraction of sp³-hybridized carbons (Fsp3) is 0.385. The minimum atomic E-state index is -0.522. The highest BCUT2D eigenvalue weighted by Gasteiger charge is 2.27. The molecule has 0 aromatic heterocycles. The number of amides is 3. The third-order valence-corrected chi connectivity index (χ3v) is 3.74. The Kier molecular flexibility index (Phi) is 4.49. The average Bonchev–Trinajstić information content (AvgIpc) is 2.85. The number of urea groups is 1. The second-order valence-corrected chi connectivity index (χ2v) is 5.39. The SMILES string of the molecule is COc1ccc([C@H](C)NC(=O)[C@H]2CNC(=O)N2)cc1Br. The average molecular weight is 342 g/mol. The van der Waals surface area contributed by atoms with Gasteiger partial charge in [0.1, 0.15) is 11.8 Å². The van der Waals surface area contributed by atoms with Crippen LogP contribution in [0.4, 0.5) is 4.79 Å². The molecule has 108 valence electrons. The predicted molar refractivity (Wildman–Crippen MR) is 77.6 cm³/mol. The highest BCUT2D eigenvalue weighted by atomic mass is 79.9. The summed E-state index contributed by atoms with van der Waals surface area (Å²) in [6.45, 7) is 2.19. The molecule has 0 bridgehead atoms. The molecule has 7 heteroatoms. The van der Waals surface area contributed by atoms with Gasteiger partial charge < -0.3 is 20.7 Å². The molecule has 1 aromatic rings. The first-order valence-corrected chi connectivity index (χ1v) is 6.98. The minimum absolute atomic E-state index is 0.165. The molecule has 20 heavy (non-hydrogen) atoms. The zero-order valence-corrected chi connectivity index (χ0v) is 12.8. The number of methoxy groups -OCH3 is 1.